The third kappa shape index (κ3) is 5.97. The minimum atomic E-state index is -0.165. The summed E-state index contributed by atoms with van der Waals surface area (Å²) in [7, 11) is 4.91. The van der Waals surface area contributed by atoms with E-state index in [2.05, 4.69) is 0 Å². The molecule has 2 amide bonds. The zero-order valence-corrected chi connectivity index (χ0v) is 11.8. The molecule has 6 heteroatoms. The summed E-state index contributed by atoms with van der Waals surface area (Å²) in [4.78, 5) is 26.8. The second-order valence-corrected chi connectivity index (χ2v) is 4.52. The molecule has 0 aromatic carbocycles. The molecule has 0 aliphatic rings. The maximum absolute atomic E-state index is 12.1. The smallest absolute Gasteiger partial charge is 0.241 e. The predicted molar refractivity (Wildman–Crippen MR) is 70.0 cm³/mol. The molecule has 0 aromatic rings. The monoisotopic (exact) mass is 259 g/mol. The molecule has 0 aliphatic carbocycles. The molecule has 6 nitrogen and oxygen atoms in total. The second kappa shape index (κ2) is 8.88. The minimum Gasteiger partial charge on any atom is -0.383 e. The minimum absolute atomic E-state index is 0.0484. The average molecular weight is 259 g/mol. The Kier molecular flexibility index (Phi) is 8.32. The van der Waals surface area contributed by atoms with Crippen LogP contribution in [0.15, 0.2) is 0 Å². The van der Waals surface area contributed by atoms with Crippen LogP contribution in [0.25, 0.3) is 0 Å². The summed E-state index contributed by atoms with van der Waals surface area (Å²) in [5.74, 6) is -0.311. The van der Waals surface area contributed by atoms with Gasteiger partial charge in [-0.2, -0.15) is 0 Å². The number of likely N-dealkylation sites (N-methyl/N-ethyl adjacent to an activating group) is 1. The molecule has 2 N–H and O–H groups in total. The fraction of sp³-hybridized carbons (Fsp3) is 0.833. The third-order valence-electron chi connectivity index (χ3n) is 2.72. The van der Waals surface area contributed by atoms with Gasteiger partial charge >= 0.3 is 0 Å². The number of carbonyl (C=O) groups is 2. The SMILES string of the molecule is COCCN(CC(=O)N(C)C)C(=O)C(C)CCN. The fourth-order valence-electron chi connectivity index (χ4n) is 1.46. The van der Waals surface area contributed by atoms with Crippen molar-refractivity contribution in [3.8, 4) is 0 Å². The Balaban J connectivity index is 4.55. The molecule has 0 fully saturated rings. The Morgan fingerprint density at radius 1 is 1.33 bits per heavy atom. The summed E-state index contributed by atoms with van der Waals surface area (Å²) in [6, 6.07) is 0. The van der Waals surface area contributed by atoms with Crippen LogP contribution in [0.2, 0.25) is 0 Å². The number of rotatable bonds is 8. The van der Waals surface area contributed by atoms with Crippen molar-refractivity contribution >= 4 is 11.8 Å². The van der Waals surface area contributed by atoms with E-state index in [-0.39, 0.29) is 24.3 Å². The van der Waals surface area contributed by atoms with Crippen molar-refractivity contribution in [2.45, 2.75) is 13.3 Å². The lowest BCUT2D eigenvalue weighted by molar-refractivity contribution is -0.142. The highest BCUT2D eigenvalue weighted by molar-refractivity contribution is 5.85. The molecule has 106 valence electrons. The molecule has 0 spiro atoms. The Bertz CT molecular complexity index is 269. The van der Waals surface area contributed by atoms with E-state index in [0.717, 1.165) is 0 Å². The van der Waals surface area contributed by atoms with Crippen molar-refractivity contribution in [3.05, 3.63) is 0 Å². The van der Waals surface area contributed by atoms with Gasteiger partial charge in [-0.3, -0.25) is 9.59 Å². The van der Waals surface area contributed by atoms with Crippen LogP contribution in [0.1, 0.15) is 13.3 Å². The zero-order chi connectivity index (χ0) is 14.1. The highest BCUT2D eigenvalue weighted by atomic mass is 16.5. The van der Waals surface area contributed by atoms with E-state index in [1.165, 1.54) is 9.80 Å². The van der Waals surface area contributed by atoms with Gasteiger partial charge in [0.15, 0.2) is 0 Å². The van der Waals surface area contributed by atoms with Crippen molar-refractivity contribution in [1.82, 2.24) is 9.80 Å². The standard InChI is InChI=1S/C12H25N3O3/c1-10(5-6-13)12(17)15(7-8-18-4)9-11(16)14(2)3/h10H,5-9,13H2,1-4H3. The van der Waals surface area contributed by atoms with Gasteiger partial charge in [-0.15, -0.1) is 0 Å². The van der Waals surface area contributed by atoms with Crippen LogP contribution in [0.3, 0.4) is 0 Å². The van der Waals surface area contributed by atoms with Crippen LogP contribution in [-0.2, 0) is 14.3 Å². The molecule has 1 unspecified atom stereocenters. The van der Waals surface area contributed by atoms with Gasteiger partial charge < -0.3 is 20.3 Å². The largest absolute Gasteiger partial charge is 0.383 e. The van der Waals surface area contributed by atoms with Gasteiger partial charge in [0.1, 0.15) is 0 Å². The number of hydrogen-bond acceptors (Lipinski definition) is 4. The van der Waals surface area contributed by atoms with Crippen molar-refractivity contribution in [1.29, 1.82) is 0 Å². The molecule has 0 saturated carbocycles. The Hall–Kier alpha value is -1.14. The number of amides is 2. The number of ether oxygens (including phenoxy) is 1. The number of hydrogen-bond donors (Lipinski definition) is 1. The highest BCUT2D eigenvalue weighted by Gasteiger charge is 2.22. The van der Waals surface area contributed by atoms with Gasteiger partial charge in [0, 0.05) is 33.7 Å². The third-order valence-corrected chi connectivity index (χ3v) is 2.72. The molecule has 0 heterocycles. The van der Waals surface area contributed by atoms with E-state index < -0.39 is 0 Å². The van der Waals surface area contributed by atoms with E-state index in [1.807, 2.05) is 6.92 Å². The Morgan fingerprint density at radius 2 is 1.94 bits per heavy atom. The highest BCUT2D eigenvalue weighted by Crippen LogP contribution is 2.06. The lowest BCUT2D eigenvalue weighted by Gasteiger charge is -2.26. The Labute approximate surface area is 109 Å². The lowest BCUT2D eigenvalue weighted by atomic mass is 10.1. The molecular formula is C12H25N3O3. The molecule has 0 aliphatic heterocycles. The van der Waals surface area contributed by atoms with Crippen LogP contribution in [0.4, 0.5) is 0 Å². The molecule has 1 atom stereocenters. The molecular weight excluding hydrogens is 234 g/mol. The summed E-state index contributed by atoms with van der Waals surface area (Å²) in [5.41, 5.74) is 5.45. The first-order valence-corrected chi connectivity index (χ1v) is 6.12. The molecule has 0 rings (SSSR count). The first-order chi connectivity index (χ1) is 8.43. The van der Waals surface area contributed by atoms with Gasteiger partial charge in [0.25, 0.3) is 0 Å². The van der Waals surface area contributed by atoms with Crippen LogP contribution >= 0.6 is 0 Å². The number of nitrogens with zero attached hydrogens (tertiary/aromatic N) is 2. The van der Waals surface area contributed by atoms with E-state index in [1.54, 1.807) is 21.2 Å². The van der Waals surface area contributed by atoms with Gasteiger partial charge in [0.05, 0.1) is 13.2 Å². The van der Waals surface area contributed by atoms with E-state index >= 15 is 0 Å². The van der Waals surface area contributed by atoms with Crippen molar-refractivity contribution < 1.29 is 14.3 Å². The fourth-order valence-corrected chi connectivity index (χ4v) is 1.46. The average Bonchev–Trinajstić information content (AvgIpc) is 2.33. The maximum atomic E-state index is 12.1. The molecule has 18 heavy (non-hydrogen) atoms. The van der Waals surface area contributed by atoms with Gasteiger partial charge in [-0.05, 0) is 13.0 Å². The summed E-state index contributed by atoms with van der Waals surface area (Å²) >= 11 is 0. The summed E-state index contributed by atoms with van der Waals surface area (Å²) in [5, 5.41) is 0. The number of methoxy groups -OCH3 is 1. The normalized spacial score (nSPS) is 12.1. The zero-order valence-electron chi connectivity index (χ0n) is 11.8. The molecule has 0 bridgehead atoms. The van der Waals surface area contributed by atoms with E-state index in [4.69, 9.17) is 10.5 Å². The lowest BCUT2D eigenvalue weighted by Crippen LogP contribution is -2.44. The van der Waals surface area contributed by atoms with Gasteiger partial charge in [0.2, 0.25) is 11.8 Å². The quantitative estimate of drug-likeness (QED) is 0.639. The van der Waals surface area contributed by atoms with Crippen LogP contribution in [0.5, 0.6) is 0 Å². The van der Waals surface area contributed by atoms with Crippen LogP contribution < -0.4 is 5.73 Å². The molecule has 0 aromatic heterocycles. The first-order valence-electron chi connectivity index (χ1n) is 6.12. The summed E-state index contributed by atoms with van der Waals surface area (Å²) in [6.45, 7) is 3.22. The van der Waals surface area contributed by atoms with Gasteiger partial charge in [-0.1, -0.05) is 6.92 Å². The topological polar surface area (TPSA) is 75.9 Å². The predicted octanol–water partition coefficient (Wildman–Crippen LogP) is -0.465. The number of nitrogens with two attached hydrogens (primary N) is 1. The van der Waals surface area contributed by atoms with Crippen molar-refractivity contribution in [3.63, 3.8) is 0 Å². The van der Waals surface area contributed by atoms with Gasteiger partial charge in [-0.25, -0.2) is 0 Å². The Morgan fingerprint density at radius 3 is 2.39 bits per heavy atom. The van der Waals surface area contributed by atoms with Crippen molar-refractivity contribution in [2.75, 3.05) is 47.4 Å². The van der Waals surface area contributed by atoms with E-state index in [9.17, 15) is 9.59 Å². The first kappa shape index (κ1) is 16.9. The second-order valence-electron chi connectivity index (χ2n) is 4.52. The summed E-state index contributed by atoms with van der Waals surface area (Å²) < 4.78 is 4.96. The van der Waals surface area contributed by atoms with Crippen LogP contribution in [-0.4, -0.2) is 69.1 Å². The summed E-state index contributed by atoms with van der Waals surface area (Å²) in [6.07, 6.45) is 0.623. The molecule has 0 radical (unpaired) electrons. The van der Waals surface area contributed by atoms with Crippen molar-refractivity contribution in [2.24, 2.45) is 11.7 Å². The number of carbonyl (C=O) groups excluding carboxylic acids is 2. The van der Waals surface area contributed by atoms with Crippen LogP contribution in [0, 0.1) is 5.92 Å². The van der Waals surface area contributed by atoms with E-state index in [0.29, 0.717) is 26.1 Å². The molecule has 0 saturated heterocycles. The maximum Gasteiger partial charge on any atom is 0.241 e.